The highest BCUT2D eigenvalue weighted by atomic mass is 35.5. The quantitative estimate of drug-likeness (QED) is 0.390. The van der Waals surface area contributed by atoms with Crippen molar-refractivity contribution in [2.75, 3.05) is 0 Å². The van der Waals surface area contributed by atoms with Crippen LogP contribution < -0.4 is 5.56 Å². The zero-order chi connectivity index (χ0) is 24.7. The minimum absolute atomic E-state index is 0.173. The maximum atomic E-state index is 12.8. The predicted octanol–water partition coefficient (Wildman–Crippen LogP) is 4.25. The molecule has 0 aliphatic rings. The van der Waals surface area contributed by atoms with E-state index >= 15 is 0 Å². The Labute approximate surface area is 207 Å². The molecule has 0 aliphatic carbocycles. The summed E-state index contributed by atoms with van der Waals surface area (Å²) in [5, 5.41) is 12.8. The van der Waals surface area contributed by atoms with Gasteiger partial charge in [-0.25, -0.2) is 9.97 Å². The first kappa shape index (κ1) is 22.6. The van der Waals surface area contributed by atoms with Gasteiger partial charge in [0.1, 0.15) is 0 Å². The molecular weight excluding hydrogens is 460 g/mol. The summed E-state index contributed by atoms with van der Waals surface area (Å²) in [6.45, 7) is 0. The molecule has 6 nitrogen and oxygen atoms in total. The van der Waals surface area contributed by atoms with Crippen LogP contribution in [0.5, 0.6) is 0 Å². The molecule has 1 atom stereocenters. The fourth-order valence-electron chi connectivity index (χ4n) is 4.35. The number of aromatic nitrogens is 4. The SMILES string of the molecule is C#Cc1cccc(-c2cc(=O)n(C)c3ccc([C@](O)(c4ccc(Cl)cc4)c4cncn4C)nc23)c1. The van der Waals surface area contributed by atoms with Crippen LogP contribution in [-0.2, 0) is 19.7 Å². The number of terminal acetylenes is 1. The van der Waals surface area contributed by atoms with Crippen molar-refractivity contribution in [2.45, 2.75) is 5.60 Å². The van der Waals surface area contributed by atoms with Crippen LogP contribution in [0, 0.1) is 12.3 Å². The molecule has 1 N–H and O–H groups in total. The first-order chi connectivity index (χ1) is 16.8. The van der Waals surface area contributed by atoms with E-state index < -0.39 is 5.60 Å². The lowest BCUT2D eigenvalue weighted by Gasteiger charge is -2.29. The van der Waals surface area contributed by atoms with Gasteiger partial charge in [-0.3, -0.25) is 4.79 Å². The molecule has 2 aromatic carbocycles. The molecule has 5 aromatic rings. The second kappa shape index (κ2) is 8.55. The monoisotopic (exact) mass is 480 g/mol. The number of fused-ring (bicyclic) bond motifs is 1. The van der Waals surface area contributed by atoms with Crippen molar-refractivity contribution in [3.63, 3.8) is 0 Å². The lowest BCUT2D eigenvalue weighted by atomic mass is 9.86. The molecule has 35 heavy (non-hydrogen) atoms. The third-order valence-electron chi connectivity index (χ3n) is 6.25. The fraction of sp³-hybridized carbons (Fsp3) is 0.107. The second-order valence-corrected chi connectivity index (χ2v) is 8.79. The van der Waals surface area contributed by atoms with Crippen molar-refractivity contribution in [3.8, 4) is 23.5 Å². The van der Waals surface area contributed by atoms with Crippen LogP contribution in [0.3, 0.4) is 0 Å². The zero-order valence-corrected chi connectivity index (χ0v) is 19.9. The summed E-state index contributed by atoms with van der Waals surface area (Å²) in [4.78, 5) is 21.9. The van der Waals surface area contributed by atoms with Gasteiger partial charge in [-0.05, 0) is 47.5 Å². The lowest BCUT2D eigenvalue weighted by molar-refractivity contribution is 0.113. The maximum Gasteiger partial charge on any atom is 0.251 e. The molecular formula is C28H21ClN4O2. The van der Waals surface area contributed by atoms with E-state index in [1.54, 1.807) is 66.6 Å². The predicted molar refractivity (Wildman–Crippen MR) is 137 cm³/mol. The molecule has 172 valence electrons. The van der Waals surface area contributed by atoms with Crippen molar-refractivity contribution in [1.82, 2.24) is 19.1 Å². The van der Waals surface area contributed by atoms with Gasteiger partial charge in [0.2, 0.25) is 0 Å². The van der Waals surface area contributed by atoms with Crippen molar-refractivity contribution in [2.24, 2.45) is 14.1 Å². The number of aliphatic hydroxyl groups is 1. The average molecular weight is 481 g/mol. The summed E-state index contributed by atoms with van der Waals surface area (Å²) in [6.07, 6.45) is 8.84. The molecule has 0 fully saturated rings. The number of halogens is 1. The third-order valence-corrected chi connectivity index (χ3v) is 6.50. The van der Waals surface area contributed by atoms with Crippen LogP contribution in [0.4, 0.5) is 0 Å². The molecule has 0 aliphatic heterocycles. The molecule has 5 rings (SSSR count). The lowest BCUT2D eigenvalue weighted by Crippen LogP contribution is -2.32. The molecule has 0 bridgehead atoms. The van der Waals surface area contributed by atoms with Crippen molar-refractivity contribution in [3.05, 3.63) is 117 Å². The van der Waals surface area contributed by atoms with E-state index in [0.717, 1.165) is 5.56 Å². The van der Waals surface area contributed by atoms with Gasteiger partial charge in [0, 0.05) is 36.3 Å². The Hall–Kier alpha value is -4.18. The van der Waals surface area contributed by atoms with Gasteiger partial charge >= 0.3 is 0 Å². The Kier molecular flexibility index (Phi) is 5.52. The van der Waals surface area contributed by atoms with E-state index in [2.05, 4.69) is 10.9 Å². The Morgan fingerprint density at radius 3 is 2.51 bits per heavy atom. The highest BCUT2D eigenvalue weighted by molar-refractivity contribution is 6.30. The summed E-state index contributed by atoms with van der Waals surface area (Å²) in [5.41, 5.74) is 2.98. The van der Waals surface area contributed by atoms with Gasteiger partial charge in [-0.1, -0.05) is 41.8 Å². The first-order valence-electron chi connectivity index (χ1n) is 10.9. The normalized spacial score (nSPS) is 12.9. The minimum atomic E-state index is -1.63. The number of imidazole rings is 1. The molecule has 0 saturated carbocycles. The van der Waals surface area contributed by atoms with E-state index in [0.29, 0.717) is 44.1 Å². The molecule has 0 unspecified atom stereocenters. The minimum Gasteiger partial charge on any atom is -0.373 e. The number of benzene rings is 2. The van der Waals surface area contributed by atoms with Gasteiger partial charge in [0.25, 0.3) is 5.56 Å². The number of pyridine rings is 2. The number of rotatable bonds is 4. The van der Waals surface area contributed by atoms with Gasteiger partial charge in [-0.15, -0.1) is 6.42 Å². The summed E-state index contributed by atoms with van der Waals surface area (Å²) in [6, 6.07) is 19.4. The van der Waals surface area contributed by atoms with E-state index in [9.17, 15) is 9.90 Å². The van der Waals surface area contributed by atoms with Crippen LogP contribution in [0.15, 0.2) is 84.0 Å². The molecule has 0 amide bonds. The third kappa shape index (κ3) is 3.71. The van der Waals surface area contributed by atoms with Crippen LogP contribution in [-0.4, -0.2) is 24.2 Å². The number of nitrogens with zero attached hydrogens (tertiary/aromatic N) is 4. The van der Waals surface area contributed by atoms with Crippen molar-refractivity contribution >= 4 is 22.6 Å². The maximum absolute atomic E-state index is 12.8. The molecule has 0 radical (unpaired) electrons. The summed E-state index contributed by atoms with van der Waals surface area (Å²) >= 11 is 6.13. The Bertz CT molecular complexity index is 1680. The standard InChI is InChI=1S/C28H21ClN4O2/c1-4-18-6-5-7-19(14-18)22-15-26(34)33(3)23-12-13-24(31-27(22)23)28(35,25-16-30-17-32(25)2)20-8-10-21(29)11-9-20/h1,5-17,35H,2-3H3/t28-/m1/s1. The van der Waals surface area contributed by atoms with Gasteiger partial charge in [-0.2, -0.15) is 0 Å². The summed E-state index contributed by atoms with van der Waals surface area (Å²) in [5.74, 6) is 2.63. The second-order valence-electron chi connectivity index (χ2n) is 8.35. The Balaban J connectivity index is 1.84. The van der Waals surface area contributed by atoms with Crippen LogP contribution in [0.25, 0.3) is 22.2 Å². The highest BCUT2D eigenvalue weighted by Crippen LogP contribution is 2.37. The molecule has 3 heterocycles. The summed E-state index contributed by atoms with van der Waals surface area (Å²) in [7, 11) is 3.50. The molecule has 7 heteroatoms. The van der Waals surface area contributed by atoms with Gasteiger partial charge < -0.3 is 14.2 Å². The highest BCUT2D eigenvalue weighted by Gasteiger charge is 2.38. The number of hydrogen-bond acceptors (Lipinski definition) is 4. The summed E-state index contributed by atoms with van der Waals surface area (Å²) < 4.78 is 3.28. The Morgan fingerprint density at radius 2 is 1.83 bits per heavy atom. The van der Waals surface area contributed by atoms with Gasteiger partial charge in [0.15, 0.2) is 5.60 Å². The van der Waals surface area contributed by atoms with Crippen molar-refractivity contribution < 1.29 is 5.11 Å². The fourth-order valence-corrected chi connectivity index (χ4v) is 4.48. The van der Waals surface area contributed by atoms with E-state index in [-0.39, 0.29) is 5.56 Å². The van der Waals surface area contributed by atoms with E-state index in [1.807, 2.05) is 31.3 Å². The number of hydrogen-bond donors (Lipinski definition) is 1. The first-order valence-corrected chi connectivity index (χ1v) is 11.2. The molecule has 3 aromatic heterocycles. The Morgan fingerprint density at radius 1 is 1.06 bits per heavy atom. The van der Waals surface area contributed by atoms with E-state index in [4.69, 9.17) is 23.0 Å². The smallest absolute Gasteiger partial charge is 0.251 e. The van der Waals surface area contributed by atoms with Crippen LogP contribution in [0.1, 0.15) is 22.5 Å². The van der Waals surface area contributed by atoms with Crippen LogP contribution in [0.2, 0.25) is 5.02 Å². The van der Waals surface area contributed by atoms with Crippen LogP contribution >= 0.6 is 11.6 Å². The zero-order valence-electron chi connectivity index (χ0n) is 19.1. The van der Waals surface area contributed by atoms with Crippen molar-refractivity contribution in [1.29, 1.82) is 0 Å². The van der Waals surface area contributed by atoms with E-state index in [1.165, 1.54) is 4.57 Å². The average Bonchev–Trinajstić information content (AvgIpc) is 3.32. The van der Waals surface area contributed by atoms with Gasteiger partial charge in [0.05, 0.1) is 34.9 Å². The molecule has 0 saturated heterocycles. The largest absolute Gasteiger partial charge is 0.373 e. The molecule has 0 spiro atoms. The number of aryl methyl sites for hydroxylation is 2. The topological polar surface area (TPSA) is 72.9 Å².